The Balaban J connectivity index is 2.73. The summed E-state index contributed by atoms with van der Waals surface area (Å²) in [5.41, 5.74) is 0.755. The van der Waals surface area contributed by atoms with Crippen LogP contribution in [0.1, 0.15) is 32.3 Å². The molecule has 0 fully saturated rings. The van der Waals surface area contributed by atoms with Gasteiger partial charge < -0.3 is 10.0 Å². The van der Waals surface area contributed by atoms with E-state index in [-0.39, 0.29) is 5.46 Å². The van der Waals surface area contributed by atoms with Crippen molar-refractivity contribution in [3.8, 4) is 0 Å². The molecule has 1 aromatic carbocycles. The van der Waals surface area contributed by atoms with Gasteiger partial charge in [0.1, 0.15) is 5.82 Å². The van der Waals surface area contributed by atoms with E-state index in [0.717, 1.165) is 12.8 Å². The third-order valence-electron chi connectivity index (χ3n) is 3.25. The van der Waals surface area contributed by atoms with Gasteiger partial charge in [-0.1, -0.05) is 25.5 Å². The van der Waals surface area contributed by atoms with Crippen LogP contribution in [0.25, 0.3) is 0 Å². The summed E-state index contributed by atoms with van der Waals surface area (Å²) in [4.78, 5) is 2.09. The summed E-state index contributed by atoms with van der Waals surface area (Å²) in [5, 5.41) is 17.9. The summed E-state index contributed by atoms with van der Waals surface area (Å²) in [6, 6.07) is 4.73. The van der Waals surface area contributed by atoms with Crippen molar-refractivity contribution in [2.75, 3.05) is 7.05 Å². The SMILES string of the molecule is CCCC(C)N(C)Cc1ccc(B(O)O)cc1F. The number of benzene rings is 1. The Labute approximate surface area is 108 Å². The average Bonchev–Trinajstić information content (AvgIpc) is 2.31. The van der Waals surface area contributed by atoms with Crippen LogP contribution in [0, 0.1) is 5.82 Å². The van der Waals surface area contributed by atoms with Crippen molar-refractivity contribution in [3.63, 3.8) is 0 Å². The number of hydrogen-bond acceptors (Lipinski definition) is 3. The summed E-state index contributed by atoms with van der Waals surface area (Å²) in [6.07, 6.45) is 2.18. The zero-order chi connectivity index (χ0) is 13.7. The third kappa shape index (κ3) is 4.08. The molecule has 1 rings (SSSR count). The van der Waals surface area contributed by atoms with E-state index in [1.807, 2.05) is 7.05 Å². The zero-order valence-electron chi connectivity index (χ0n) is 11.2. The van der Waals surface area contributed by atoms with Crippen molar-refractivity contribution >= 4 is 12.6 Å². The van der Waals surface area contributed by atoms with E-state index in [4.69, 9.17) is 10.0 Å². The molecule has 18 heavy (non-hydrogen) atoms. The van der Waals surface area contributed by atoms with Gasteiger partial charge in [0.25, 0.3) is 0 Å². The van der Waals surface area contributed by atoms with Gasteiger partial charge in [-0.25, -0.2) is 4.39 Å². The van der Waals surface area contributed by atoms with Gasteiger partial charge in [-0.05, 0) is 31.9 Å². The second kappa shape index (κ2) is 6.88. The predicted molar refractivity (Wildman–Crippen MR) is 72.1 cm³/mol. The first-order chi connectivity index (χ1) is 8.45. The van der Waals surface area contributed by atoms with Gasteiger partial charge in [0, 0.05) is 18.2 Å². The zero-order valence-corrected chi connectivity index (χ0v) is 11.2. The normalized spacial score (nSPS) is 12.8. The van der Waals surface area contributed by atoms with Crippen molar-refractivity contribution in [3.05, 3.63) is 29.6 Å². The van der Waals surface area contributed by atoms with Gasteiger partial charge in [-0.15, -0.1) is 0 Å². The predicted octanol–water partition coefficient (Wildman–Crippen LogP) is 1.13. The van der Waals surface area contributed by atoms with E-state index < -0.39 is 12.9 Å². The fourth-order valence-electron chi connectivity index (χ4n) is 1.92. The Hall–Kier alpha value is -0.905. The molecule has 2 N–H and O–H groups in total. The van der Waals surface area contributed by atoms with Crippen molar-refractivity contribution in [1.82, 2.24) is 4.90 Å². The Morgan fingerprint density at radius 1 is 1.39 bits per heavy atom. The second-order valence-electron chi connectivity index (χ2n) is 4.78. The fraction of sp³-hybridized carbons (Fsp3) is 0.538. The molecule has 1 unspecified atom stereocenters. The number of halogens is 1. The minimum atomic E-state index is -1.62. The fourth-order valence-corrected chi connectivity index (χ4v) is 1.92. The standard InChI is InChI=1S/C13H21BFNO2/c1-4-5-10(2)16(3)9-11-6-7-12(14(17)18)8-13(11)15/h6-8,10,17-18H,4-5,9H2,1-3H3. The van der Waals surface area contributed by atoms with Crippen LogP contribution in [0.2, 0.25) is 0 Å². The molecular weight excluding hydrogens is 232 g/mol. The average molecular weight is 253 g/mol. The molecule has 0 spiro atoms. The van der Waals surface area contributed by atoms with Crippen molar-refractivity contribution in [1.29, 1.82) is 0 Å². The highest BCUT2D eigenvalue weighted by Crippen LogP contribution is 2.12. The lowest BCUT2D eigenvalue weighted by Crippen LogP contribution is -2.31. The molecule has 1 atom stereocenters. The van der Waals surface area contributed by atoms with Crippen molar-refractivity contribution in [2.45, 2.75) is 39.3 Å². The highest BCUT2D eigenvalue weighted by Gasteiger charge is 2.15. The first-order valence-electron chi connectivity index (χ1n) is 6.30. The largest absolute Gasteiger partial charge is 0.488 e. The molecule has 5 heteroatoms. The van der Waals surface area contributed by atoms with Crippen LogP contribution in [0.3, 0.4) is 0 Å². The monoisotopic (exact) mass is 253 g/mol. The summed E-state index contributed by atoms with van der Waals surface area (Å²) >= 11 is 0. The Morgan fingerprint density at radius 2 is 2.06 bits per heavy atom. The second-order valence-corrected chi connectivity index (χ2v) is 4.78. The lowest BCUT2D eigenvalue weighted by molar-refractivity contribution is 0.234. The molecule has 1 aromatic rings. The first-order valence-corrected chi connectivity index (χ1v) is 6.30. The van der Waals surface area contributed by atoms with Gasteiger partial charge in [0.2, 0.25) is 0 Å². The van der Waals surface area contributed by atoms with Gasteiger partial charge in [0.15, 0.2) is 0 Å². The van der Waals surface area contributed by atoms with Crippen molar-refractivity contribution in [2.24, 2.45) is 0 Å². The summed E-state index contributed by atoms with van der Waals surface area (Å²) in [5.74, 6) is -0.392. The first kappa shape index (κ1) is 15.2. The molecule has 0 bridgehead atoms. The maximum Gasteiger partial charge on any atom is 0.488 e. The maximum atomic E-state index is 13.8. The lowest BCUT2D eigenvalue weighted by Gasteiger charge is -2.24. The minimum Gasteiger partial charge on any atom is -0.423 e. The number of hydrogen-bond donors (Lipinski definition) is 2. The van der Waals surface area contributed by atoms with Crippen LogP contribution in [0.4, 0.5) is 4.39 Å². The molecule has 0 aromatic heterocycles. The molecule has 3 nitrogen and oxygen atoms in total. The van der Waals surface area contributed by atoms with Crippen LogP contribution in [-0.2, 0) is 6.54 Å². The number of rotatable bonds is 6. The molecule has 0 saturated heterocycles. The van der Waals surface area contributed by atoms with Gasteiger partial charge in [-0.3, -0.25) is 4.90 Å². The van der Waals surface area contributed by atoms with E-state index in [2.05, 4.69) is 18.7 Å². The van der Waals surface area contributed by atoms with Crippen LogP contribution in [0.15, 0.2) is 18.2 Å². The summed E-state index contributed by atoms with van der Waals surface area (Å²) in [7, 11) is 0.347. The van der Waals surface area contributed by atoms with Crippen LogP contribution in [-0.4, -0.2) is 35.2 Å². The summed E-state index contributed by atoms with van der Waals surface area (Å²) in [6.45, 7) is 4.77. The quantitative estimate of drug-likeness (QED) is 0.747. The minimum absolute atomic E-state index is 0.181. The molecule has 0 aliphatic carbocycles. The smallest absolute Gasteiger partial charge is 0.423 e. The third-order valence-corrected chi connectivity index (χ3v) is 3.25. The highest BCUT2D eigenvalue weighted by molar-refractivity contribution is 6.58. The molecule has 0 heterocycles. The number of nitrogens with zero attached hydrogens (tertiary/aromatic N) is 1. The molecule has 0 radical (unpaired) electrons. The maximum absolute atomic E-state index is 13.8. The highest BCUT2D eigenvalue weighted by atomic mass is 19.1. The molecule has 100 valence electrons. The van der Waals surface area contributed by atoms with E-state index >= 15 is 0 Å². The molecular formula is C13H21BFNO2. The van der Waals surface area contributed by atoms with Gasteiger partial charge >= 0.3 is 7.12 Å². The van der Waals surface area contributed by atoms with Gasteiger partial charge in [0.05, 0.1) is 0 Å². The Kier molecular flexibility index (Phi) is 5.79. The topological polar surface area (TPSA) is 43.7 Å². The van der Waals surface area contributed by atoms with Crippen LogP contribution < -0.4 is 5.46 Å². The van der Waals surface area contributed by atoms with E-state index in [1.165, 1.54) is 6.07 Å². The summed E-state index contributed by atoms with van der Waals surface area (Å²) < 4.78 is 13.8. The lowest BCUT2D eigenvalue weighted by atomic mass is 9.80. The molecule has 0 aliphatic heterocycles. The molecule has 0 amide bonds. The molecule has 0 aliphatic rings. The van der Waals surface area contributed by atoms with Crippen molar-refractivity contribution < 1.29 is 14.4 Å². The van der Waals surface area contributed by atoms with E-state index in [0.29, 0.717) is 18.2 Å². The van der Waals surface area contributed by atoms with Crippen LogP contribution >= 0.6 is 0 Å². The van der Waals surface area contributed by atoms with E-state index in [1.54, 1.807) is 12.1 Å². The van der Waals surface area contributed by atoms with E-state index in [9.17, 15) is 4.39 Å². The van der Waals surface area contributed by atoms with Gasteiger partial charge in [-0.2, -0.15) is 0 Å². The Morgan fingerprint density at radius 3 is 2.56 bits per heavy atom. The molecule has 0 saturated carbocycles. The van der Waals surface area contributed by atoms with Crippen LogP contribution in [0.5, 0.6) is 0 Å². The Bertz CT molecular complexity index is 387.